The Morgan fingerprint density at radius 2 is 1.52 bits per heavy atom. The van der Waals surface area contributed by atoms with Crippen molar-refractivity contribution in [2.24, 2.45) is 0 Å². The minimum Gasteiger partial charge on any atom is -0.459 e. The van der Waals surface area contributed by atoms with E-state index in [1.165, 1.54) is 0 Å². The van der Waals surface area contributed by atoms with Gasteiger partial charge in [-0.05, 0) is 33.9 Å². The fraction of sp³-hybridized carbons (Fsp3) is 0.632. The highest BCUT2D eigenvalue weighted by molar-refractivity contribution is 5.91. The third kappa shape index (κ3) is 28.7. The summed E-state index contributed by atoms with van der Waals surface area (Å²) in [6, 6.07) is 0. The standard InChI is InChI=1S/C10H17NO4.C7H13NO.C2H7N/c1-3-5-6-11-10(13)15-8-7-14-9(12)4-2;1-4-5-8-7(9)6(2)3;1-3-2/h4H,2-3,5-8H2,1H3,(H,11,13);2,4-5H2,1,3H3,(H,8,9);3H,1-2H3. The third-order valence-electron chi connectivity index (χ3n) is 2.45. The van der Waals surface area contributed by atoms with E-state index in [1.54, 1.807) is 6.92 Å². The second-order valence-corrected chi connectivity index (χ2v) is 5.32. The molecule has 0 aromatic rings. The molecular weight excluding hydrogens is 350 g/mol. The molecule has 0 aliphatic heterocycles. The van der Waals surface area contributed by atoms with Gasteiger partial charge in [0, 0.05) is 24.7 Å². The zero-order chi connectivity index (χ0) is 21.5. The maximum absolute atomic E-state index is 10.9. The van der Waals surface area contributed by atoms with Crippen LogP contribution in [0.2, 0.25) is 0 Å². The molecule has 158 valence electrons. The van der Waals surface area contributed by atoms with E-state index in [4.69, 9.17) is 4.74 Å². The predicted octanol–water partition coefficient (Wildman–Crippen LogP) is 2.17. The minimum atomic E-state index is -0.523. The van der Waals surface area contributed by atoms with E-state index in [0.717, 1.165) is 31.9 Å². The molecule has 2 amide bonds. The molecule has 0 heterocycles. The zero-order valence-electron chi connectivity index (χ0n) is 17.5. The summed E-state index contributed by atoms with van der Waals surface area (Å²) in [6.07, 6.45) is 3.47. The third-order valence-corrected chi connectivity index (χ3v) is 2.45. The first-order chi connectivity index (χ1) is 12.8. The van der Waals surface area contributed by atoms with Gasteiger partial charge in [0.2, 0.25) is 5.91 Å². The first-order valence-corrected chi connectivity index (χ1v) is 9.02. The van der Waals surface area contributed by atoms with Gasteiger partial charge in [-0.25, -0.2) is 9.59 Å². The van der Waals surface area contributed by atoms with Crippen LogP contribution in [0, 0.1) is 0 Å². The summed E-state index contributed by atoms with van der Waals surface area (Å²) in [4.78, 5) is 32.2. The summed E-state index contributed by atoms with van der Waals surface area (Å²) in [5.41, 5.74) is 0.573. The lowest BCUT2D eigenvalue weighted by Crippen LogP contribution is -2.26. The van der Waals surface area contributed by atoms with Crippen molar-refractivity contribution in [1.29, 1.82) is 0 Å². The van der Waals surface area contributed by atoms with E-state index in [0.29, 0.717) is 12.1 Å². The number of rotatable bonds is 10. The molecule has 0 spiro atoms. The van der Waals surface area contributed by atoms with Crippen LogP contribution in [0.25, 0.3) is 0 Å². The zero-order valence-corrected chi connectivity index (χ0v) is 17.5. The van der Waals surface area contributed by atoms with Crippen LogP contribution in [-0.4, -0.2) is 58.4 Å². The van der Waals surface area contributed by atoms with Crippen LogP contribution in [0.5, 0.6) is 0 Å². The number of nitrogens with one attached hydrogen (secondary N) is 3. The number of alkyl carbamates (subject to hydrolysis) is 1. The van der Waals surface area contributed by atoms with E-state index in [-0.39, 0.29) is 19.1 Å². The summed E-state index contributed by atoms with van der Waals surface area (Å²) in [6.45, 7) is 13.9. The molecule has 0 radical (unpaired) electrons. The topological polar surface area (TPSA) is 106 Å². The highest BCUT2D eigenvalue weighted by Crippen LogP contribution is 1.86. The van der Waals surface area contributed by atoms with Crippen molar-refractivity contribution in [2.75, 3.05) is 40.4 Å². The van der Waals surface area contributed by atoms with Gasteiger partial charge in [0.15, 0.2) is 0 Å². The molecule has 0 aliphatic rings. The number of hydrogen-bond acceptors (Lipinski definition) is 6. The Labute approximate surface area is 163 Å². The lowest BCUT2D eigenvalue weighted by molar-refractivity contribution is -0.138. The highest BCUT2D eigenvalue weighted by atomic mass is 16.6. The molecule has 3 N–H and O–H groups in total. The molecule has 0 atom stereocenters. The van der Waals surface area contributed by atoms with Crippen LogP contribution in [0.1, 0.15) is 40.0 Å². The van der Waals surface area contributed by atoms with Crippen molar-refractivity contribution in [3.8, 4) is 0 Å². The first-order valence-electron chi connectivity index (χ1n) is 9.02. The van der Waals surface area contributed by atoms with Gasteiger partial charge in [0.25, 0.3) is 0 Å². The predicted molar refractivity (Wildman–Crippen MR) is 109 cm³/mol. The molecule has 0 aromatic heterocycles. The van der Waals surface area contributed by atoms with E-state index < -0.39 is 12.1 Å². The number of amides is 2. The Kier molecular flexibility index (Phi) is 25.8. The average molecular weight is 388 g/mol. The molecule has 0 saturated carbocycles. The normalized spacial score (nSPS) is 8.63. The molecule has 0 aliphatic carbocycles. The second kappa shape index (κ2) is 23.6. The summed E-state index contributed by atoms with van der Waals surface area (Å²) in [5, 5.41) is 8.01. The Morgan fingerprint density at radius 3 is 1.96 bits per heavy atom. The molecule has 27 heavy (non-hydrogen) atoms. The Hall–Kier alpha value is -2.35. The number of carbonyl (C=O) groups is 3. The van der Waals surface area contributed by atoms with E-state index in [2.05, 4.69) is 33.8 Å². The van der Waals surface area contributed by atoms with Gasteiger partial charge >= 0.3 is 12.1 Å². The average Bonchev–Trinajstić information content (AvgIpc) is 2.64. The van der Waals surface area contributed by atoms with E-state index in [9.17, 15) is 14.4 Å². The monoisotopic (exact) mass is 387 g/mol. The summed E-state index contributed by atoms with van der Waals surface area (Å²) < 4.78 is 9.33. The summed E-state index contributed by atoms with van der Waals surface area (Å²) in [7, 11) is 3.75. The van der Waals surface area contributed by atoms with Gasteiger partial charge in [-0.2, -0.15) is 0 Å². The van der Waals surface area contributed by atoms with Crippen molar-refractivity contribution in [2.45, 2.75) is 40.0 Å². The van der Waals surface area contributed by atoms with Gasteiger partial charge in [-0.1, -0.05) is 33.4 Å². The maximum atomic E-state index is 10.9. The fourth-order valence-corrected chi connectivity index (χ4v) is 1.14. The van der Waals surface area contributed by atoms with Crippen molar-refractivity contribution in [3.63, 3.8) is 0 Å². The molecule has 0 bridgehead atoms. The maximum Gasteiger partial charge on any atom is 0.407 e. The fourth-order valence-electron chi connectivity index (χ4n) is 1.14. The molecule has 0 aromatic carbocycles. The van der Waals surface area contributed by atoms with Crippen molar-refractivity contribution in [1.82, 2.24) is 16.0 Å². The van der Waals surface area contributed by atoms with Gasteiger partial charge in [-0.15, -0.1) is 0 Å². The molecule has 8 nitrogen and oxygen atoms in total. The van der Waals surface area contributed by atoms with Gasteiger partial charge in [0.05, 0.1) is 0 Å². The highest BCUT2D eigenvalue weighted by Gasteiger charge is 2.01. The largest absolute Gasteiger partial charge is 0.459 e. The van der Waals surface area contributed by atoms with Crippen molar-refractivity contribution >= 4 is 18.0 Å². The van der Waals surface area contributed by atoms with Crippen molar-refractivity contribution in [3.05, 3.63) is 24.8 Å². The van der Waals surface area contributed by atoms with Crippen LogP contribution < -0.4 is 16.0 Å². The number of carbonyl (C=O) groups excluding carboxylic acids is 3. The number of esters is 1. The van der Waals surface area contributed by atoms with Crippen LogP contribution >= 0.6 is 0 Å². The van der Waals surface area contributed by atoms with E-state index in [1.807, 2.05) is 27.9 Å². The molecule has 8 heteroatoms. The van der Waals surface area contributed by atoms with Crippen LogP contribution in [0.15, 0.2) is 24.8 Å². The molecule has 0 rings (SSSR count). The van der Waals surface area contributed by atoms with Crippen LogP contribution in [0.4, 0.5) is 4.79 Å². The van der Waals surface area contributed by atoms with E-state index >= 15 is 0 Å². The molecular formula is C19H37N3O5. The van der Waals surface area contributed by atoms with Crippen LogP contribution in [0.3, 0.4) is 0 Å². The lowest BCUT2D eigenvalue weighted by atomic mass is 10.3. The molecule has 0 unspecified atom stereocenters. The molecule has 0 fully saturated rings. The minimum absolute atomic E-state index is 0.0446. The molecule has 0 saturated heterocycles. The first kappa shape index (κ1) is 29.4. The van der Waals surface area contributed by atoms with Gasteiger partial charge < -0.3 is 25.4 Å². The van der Waals surface area contributed by atoms with Crippen LogP contribution in [-0.2, 0) is 19.1 Å². The summed E-state index contributed by atoms with van der Waals surface area (Å²) in [5.74, 6) is -0.568. The quantitative estimate of drug-likeness (QED) is 0.301. The Morgan fingerprint density at radius 1 is 0.963 bits per heavy atom. The Bertz CT molecular complexity index is 426. The number of hydrogen-bond donors (Lipinski definition) is 3. The van der Waals surface area contributed by atoms with Crippen molar-refractivity contribution < 1.29 is 23.9 Å². The number of ether oxygens (including phenoxy) is 2. The SMILES string of the molecule is C=C(C)C(=O)NCCC.C=CC(=O)OCCOC(=O)NCCCC.CNC. The smallest absolute Gasteiger partial charge is 0.407 e. The van der Waals surface area contributed by atoms with Gasteiger partial charge in [-0.3, -0.25) is 4.79 Å². The Balaban J connectivity index is -0.000000407. The van der Waals surface area contributed by atoms with Gasteiger partial charge in [0.1, 0.15) is 13.2 Å². The second-order valence-electron chi connectivity index (χ2n) is 5.32. The number of unbranched alkanes of at least 4 members (excludes halogenated alkanes) is 1. The lowest BCUT2D eigenvalue weighted by Gasteiger charge is -2.06. The summed E-state index contributed by atoms with van der Waals surface area (Å²) >= 11 is 0.